The van der Waals surface area contributed by atoms with Crippen molar-refractivity contribution in [2.75, 3.05) is 0 Å². The fourth-order valence-corrected chi connectivity index (χ4v) is 1.98. The van der Waals surface area contributed by atoms with Gasteiger partial charge in [0, 0.05) is 0 Å². The van der Waals surface area contributed by atoms with Crippen molar-refractivity contribution >= 4 is 30.6 Å². The SMILES string of the molecule is O=S(=O)(P=[Se])C(F)(F)F. The van der Waals surface area contributed by atoms with E-state index in [1.165, 1.54) is 0 Å². The zero-order valence-electron chi connectivity index (χ0n) is 3.71. The molecule has 0 saturated heterocycles. The Morgan fingerprint density at radius 3 is 1.67 bits per heavy atom. The van der Waals surface area contributed by atoms with E-state index in [0.29, 0.717) is 0 Å². The van der Waals surface area contributed by atoms with Gasteiger partial charge in [-0.1, -0.05) is 0 Å². The first-order valence-corrected chi connectivity index (χ1v) is 6.67. The van der Waals surface area contributed by atoms with Crippen molar-refractivity contribution in [3.05, 3.63) is 0 Å². The Hall–Kier alpha value is 0.559. The average molecular weight is 243 g/mol. The molecule has 0 aliphatic rings. The van der Waals surface area contributed by atoms with Gasteiger partial charge in [-0.3, -0.25) is 0 Å². The van der Waals surface area contributed by atoms with E-state index in [2.05, 4.69) is 0 Å². The fraction of sp³-hybridized carbons (Fsp3) is 1.00. The maximum absolute atomic E-state index is 11.2. The minimum atomic E-state index is -5.13. The summed E-state index contributed by atoms with van der Waals surface area (Å²) in [5.74, 6) is 0. The van der Waals surface area contributed by atoms with Crippen molar-refractivity contribution in [3.63, 3.8) is 0 Å². The molecule has 0 radical (unpaired) electrons. The normalized spacial score (nSPS) is 14.1. The summed E-state index contributed by atoms with van der Waals surface area (Å²) >= 11 is 1.75. The minimum absolute atomic E-state index is 0.793. The van der Waals surface area contributed by atoms with E-state index in [4.69, 9.17) is 0 Å². The first kappa shape index (κ1) is 9.56. The molecule has 2 nitrogen and oxygen atoms in total. The number of hydrogen-bond donors (Lipinski definition) is 0. The van der Waals surface area contributed by atoms with Crippen molar-refractivity contribution in [3.8, 4) is 0 Å². The monoisotopic (exact) mass is 244 g/mol. The Kier molecular flexibility index (Phi) is 2.83. The quantitative estimate of drug-likeness (QED) is 0.505. The Morgan fingerprint density at radius 1 is 1.33 bits per heavy atom. The number of rotatable bonds is 1. The molecule has 0 unspecified atom stereocenters. The van der Waals surface area contributed by atoms with Gasteiger partial charge in [-0.05, 0) is 0 Å². The molecule has 0 amide bonds. The Morgan fingerprint density at radius 2 is 1.67 bits per heavy atom. The zero-order valence-corrected chi connectivity index (χ0v) is 7.14. The van der Waals surface area contributed by atoms with E-state index in [0.717, 1.165) is 0 Å². The number of alkyl halides is 3. The third-order valence-corrected chi connectivity index (χ3v) is 6.09. The molecule has 0 spiro atoms. The van der Waals surface area contributed by atoms with Gasteiger partial charge in [0.1, 0.15) is 0 Å². The van der Waals surface area contributed by atoms with E-state index in [9.17, 15) is 21.6 Å². The van der Waals surface area contributed by atoms with Gasteiger partial charge in [0.2, 0.25) is 0 Å². The molecule has 0 atom stereocenters. The van der Waals surface area contributed by atoms with Crippen molar-refractivity contribution in [2.24, 2.45) is 0 Å². The van der Waals surface area contributed by atoms with Crippen LogP contribution in [0, 0.1) is 0 Å². The van der Waals surface area contributed by atoms with Crippen LogP contribution in [0.2, 0.25) is 0 Å². The van der Waals surface area contributed by atoms with Gasteiger partial charge in [0.15, 0.2) is 0 Å². The molecular weight excluding hydrogens is 243 g/mol. The third-order valence-electron chi connectivity index (χ3n) is 0.391. The van der Waals surface area contributed by atoms with Crippen LogP contribution in [-0.2, 0) is 9.46 Å². The summed E-state index contributed by atoms with van der Waals surface area (Å²) in [5, 5.41) is 0. The van der Waals surface area contributed by atoms with Crippen LogP contribution < -0.4 is 0 Å². The molecular formula is CF3O2PSSe. The second kappa shape index (κ2) is 2.66. The van der Waals surface area contributed by atoms with Crippen molar-refractivity contribution in [1.82, 2.24) is 0 Å². The molecule has 0 aromatic carbocycles. The van der Waals surface area contributed by atoms with E-state index >= 15 is 0 Å². The molecule has 0 aliphatic carbocycles. The molecule has 0 bridgehead atoms. The average Bonchev–Trinajstić information content (AvgIpc) is 1.64. The fourth-order valence-electron chi connectivity index (χ4n) is 0.0423. The summed E-state index contributed by atoms with van der Waals surface area (Å²) < 4.78 is 53.4. The second-order valence-corrected chi connectivity index (χ2v) is 7.26. The van der Waals surface area contributed by atoms with Crippen LogP contribution in [0.25, 0.3) is 0 Å². The van der Waals surface area contributed by atoms with Gasteiger partial charge in [0.25, 0.3) is 0 Å². The standard InChI is InChI=1S/CF3O2PSSe/c2-1(3,4)8(5,6)7-9. The molecule has 0 heterocycles. The van der Waals surface area contributed by atoms with E-state index in [-0.39, 0.29) is 0 Å². The van der Waals surface area contributed by atoms with Gasteiger partial charge in [-0.15, -0.1) is 0 Å². The summed E-state index contributed by atoms with van der Waals surface area (Å²) in [5.41, 5.74) is -5.13. The third kappa shape index (κ3) is 2.33. The summed E-state index contributed by atoms with van der Waals surface area (Å²) in [6, 6.07) is -0.793. The zero-order chi connectivity index (χ0) is 7.71. The molecule has 0 rings (SSSR count). The van der Waals surface area contributed by atoms with Crippen LogP contribution in [0.3, 0.4) is 0 Å². The van der Waals surface area contributed by atoms with Gasteiger partial charge in [-0.2, -0.15) is 0 Å². The molecule has 0 fully saturated rings. The van der Waals surface area contributed by atoms with Crippen LogP contribution >= 0.6 is 6.03 Å². The van der Waals surface area contributed by atoms with Crippen molar-refractivity contribution < 1.29 is 21.6 Å². The molecule has 0 aromatic rings. The Bertz CT molecular complexity index is 204. The van der Waals surface area contributed by atoms with Crippen LogP contribution in [0.5, 0.6) is 0 Å². The van der Waals surface area contributed by atoms with E-state index < -0.39 is 21.0 Å². The molecule has 0 aliphatic heterocycles. The summed E-state index contributed by atoms with van der Waals surface area (Å²) in [7, 11) is -4.92. The Labute approximate surface area is 58.2 Å². The van der Waals surface area contributed by atoms with Gasteiger partial charge in [0.05, 0.1) is 0 Å². The molecule has 0 saturated carbocycles. The number of hydrogen-bond acceptors (Lipinski definition) is 2. The van der Waals surface area contributed by atoms with Crippen LogP contribution in [0.4, 0.5) is 13.2 Å². The van der Waals surface area contributed by atoms with Gasteiger partial charge >= 0.3 is 57.7 Å². The molecule has 0 aromatic heterocycles. The predicted molar refractivity (Wildman–Crippen MR) is 27.6 cm³/mol. The maximum atomic E-state index is 11.2. The predicted octanol–water partition coefficient (Wildman–Crippen LogP) is 0.866. The van der Waals surface area contributed by atoms with Crippen LogP contribution in [0.1, 0.15) is 0 Å². The van der Waals surface area contributed by atoms with Crippen molar-refractivity contribution in [2.45, 2.75) is 5.51 Å². The first-order chi connectivity index (χ1) is 3.81. The molecule has 9 heavy (non-hydrogen) atoms. The van der Waals surface area contributed by atoms with E-state index in [1.54, 1.807) is 15.1 Å². The summed E-state index contributed by atoms with van der Waals surface area (Å²) in [6.45, 7) is 0. The summed E-state index contributed by atoms with van der Waals surface area (Å²) in [4.78, 5) is 0. The number of halogens is 3. The van der Waals surface area contributed by atoms with E-state index in [1.807, 2.05) is 0 Å². The van der Waals surface area contributed by atoms with Crippen LogP contribution in [0.15, 0.2) is 0 Å². The van der Waals surface area contributed by atoms with Crippen LogP contribution in [-0.4, -0.2) is 29.0 Å². The topological polar surface area (TPSA) is 34.1 Å². The van der Waals surface area contributed by atoms with Crippen molar-refractivity contribution in [1.29, 1.82) is 0 Å². The molecule has 8 heteroatoms. The molecule has 54 valence electrons. The first-order valence-electron chi connectivity index (χ1n) is 1.47. The Balaban J connectivity index is 4.79. The summed E-state index contributed by atoms with van der Waals surface area (Å²) in [6.07, 6.45) is 0. The van der Waals surface area contributed by atoms with Gasteiger partial charge in [-0.25, -0.2) is 0 Å². The van der Waals surface area contributed by atoms with Gasteiger partial charge < -0.3 is 0 Å². The second-order valence-electron chi connectivity index (χ2n) is 0.995. The molecule has 0 N–H and O–H groups in total.